The first kappa shape index (κ1) is 19.1. The van der Waals surface area contributed by atoms with Gasteiger partial charge in [0.2, 0.25) is 0 Å². The number of aromatic nitrogens is 1. The van der Waals surface area contributed by atoms with Gasteiger partial charge in [-0.3, -0.25) is 4.79 Å². The van der Waals surface area contributed by atoms with Gasteiger partial charge in [-0.2, -0.15) is 8.78 Å². The number of hydrogen-bond donors (Lipinski definition) is 0. The lowest BCUT2D eigenvalue weighted by atomic mass is 10.1. The molecule has 7 heteroatoms. The van der Waals surface area contributed by atoms with Crippen molar-refractivity contribution >= 4 is 28.4 Å². The third kappa shape index (κ3) is 4.54. The Morgan fingerprint density at radius 1 is 1.19 bits per heavy atom. The van der Waals surface area contributed by atoms with Crippen LogP contribution in [0.3, 0.4) is 0 Å². The Labute approximate surface area is 160 Å². The van der Waals surface area contributed by atoms with Crippen LogP contribution in [0.2, 0.25) is 0 Å². The smallest absolute Gasteiger partial charge is 0.290 e. The maximum absolute atomic E-state index is 12.7. The lowest BCUT2D eigenvalue weighted by Crippen LogP contribution is -2.27. The zero-order chi connectivity index (χ0) is 19.4. The van der Waals surface area contributed by atoms with Gasteiger partial charge in [-0.15, -0.1) is 0 Å². The summed E-state index contributed by atoms with van der Waals surface area (Å²) < 4.78 is 30.6. The topological polar surface area (TPSA) is 42.4 Å². The molecule has 2 aromatic carbocycles. The molecular formula is C20H18F2N2O2S. The Balaban J connectivity index is 1.80. The average Bonchev–Trinajstić information content (AvgIpc) is 2.67. The van der Waals surface area contributed by atoms with Gasteiger partial charge in [0.15, 0.2) is 0 Å². The third-order valence-corrected chi connectivity index (χ3v) is 4.81. The van der Waals surface area contributed by atoms with Gasteiger partial charge in [0.25, 0.3) is 11.7 Å². The molecule has 1 aromatic heterocycles. The van der Waals surface area contributed by atoms with Crippen molar-refractivity contribution in [2.75, 3.05) is 14.2 Å². The number of fused-ring (bicyclic) bond motifs is 1. The normalized spacial score (nSPS) is 11.0. The molecule has 4 nitrogen and oxygen atoms in total. The number of thioether (sulfide) groups is 1. The Morgan fingerprint density at radius 2 is 1.93 bits per heavy atom. The first-order chi connectivity index (χ1) is 13.0. The number of halogens is 2. The van der Waals surface area contributed by atoms with Crippen LogP contribution >= 0.6 is 11.8 Å². The van der Waals surface area contributed by atoms with E-state index >= 15 is 0 Å². The van der Waals surface area contributed by atoms with Crippen molar-refractivity contribution in [1.82, 2.24) is 9.88 Å². The van der Waals surface area contributed by atoms with Crippen LogP contribution < -0.4 is 4.74 Å². The van der Waals surface area contributed by atoms with Gasteiger partial charge in [-0.1, -0.05) is 18.2 Å². The number of amides is 1. The highest BCUT2D eigenvalue weighted by molar-refractivity contribution is 7.99. The van der Waals surface area contributed by atoms with Gasteiger partial charge >= 0.3 is 0 Å². The summed E-state index contributed by atoms with van der Waals surface area (Å²) in [4.78, 5) is 18.1. The fraction of sp³-hybridized carbons (Fsp3) is 0.200. The highest BCUT2D eigenvalue weighted by Gasteiger charge is 2.19. The maximum Gasteiger partial charge on any atom is 0.290 e. The lowest BCUT2D eigenvalue weighted by Gasteiger charge is -2.19. The van der Waals surface area contributed by atoms with Crippen molar-refractivity contribution in [3.05, 3.63) is 65.9 Å². The molecule has 1 amide bonds. The van der Waals surface area contributed by atoms with Crippen molar-refractivity contribution in [3.63, 3.8) is 0 Å². The van der Waals surface area contributed by atoms with Crippen LogP contribution in [0.4, 0.5) is 8.78 Å². The number of hydrogen-bond acceptors (Lipinski definition) is 4. The van der Waals surface area contributed by atoms with Gasteiger partial charge in [0.1, 0.15) is 10.8 Å². The zero-order valence-corrected chi connectivity index (χ0v) is 15.7. The fourth-order valence-corrected chi connectivity index (χ4v) is 3.35. The predicted octanol–water partition coefficient (Wildman–Crippen LogP) is 4.83. The molecule has 3 aromatic rings. The molecule has 0 aliphatic heterocycles. The minimum absolute atomic E-state index is 0.0370. The van der Waals surface area contributed by atoms with E-state index in [1.165, 1.54) is 17.2 Å². The molecule has 0 unspecified atom stereocenters. The van der Waals surface area contributed by atoms with Gasteiger partial charge in [0, 0.05) is 19.8 Å². The van der Waals surface area contributed by atoms with Gasteiger partial charge in [-0.25, -0.2) is 4.98 Å². The third-order valence-electron chi connectivity index (χ3n) is 4.08. The molecule has 0 bridgehead atoms. The molecule has 3 rings (SSSR count). The number of alkyl halides is 2. The minimum Gasteiger partial charge on any atom is -0.497 e. The number of carbonyl (C=O) groups is 1. The van der Waals surface area contributed by atoms with E-state index in [4.69, 9.17) is 4.74 Å². The van der Waals surface area contributed by atoms with Crippen LogP contribution in [0.15, 0.2) is 59.8 Å². The Bertz CT molecular complexity index is 966. The first-order valence-corrected chi connectivity index (χ1v) is 9.08. The number of rotatable bonds is 6. The van der Waals surface area contributed by atoms with Crippen LogP contribution in [0.5, 0.6) is 5.75 Å². The lowest BCUT2D eigenvalue weighted by molar-refractivity contribution is 0.0781. The molecule has 0 spiro atoms. The van der Waals surface area contributed by atoms with E-state index < -0.39 is 5.76 Å². The summed E-state index contributed by atoms with van der Waals surface area (Å²) in [5, 5.41) is 2.11. The minimum atomic E-state index is -2.63. The number of ether oxygens (including phenoxy) is 1. The number of nitrogens with zero attached hydrogens (tertiary/aromatic N) is 2. The summed E-state index contributed by atoms with van der Waals surface area (Å²) in [6, 6.07) is 14.8. The molecule has 0 aliphatic rings. The highest BCUT2D eigenvalue weighted by Crippen LogP contribution is 2.27. The fourth-order valence-electron chi connectivity index (χ4n) is 2.78. The molecule has 0 atom stereocenters. The highest BCUT2D eigenvalue weighted by atomic mass is 32.2. The molecule has 1 heterocycles. The average molecular weight is 388 g/mol. The van der Waals surface area contributed by atoms with E-state index in [9.17, 15) is 13.6 Å². The van der Waals surface area contributed by atoms with Crippen LogP contribution in [-0.4, -0.2) is 35.7 Å². The summed E-state index contributed by atoms with van der Waals surface area (Å²) in [6.07, 6.45) is 1.40. The second kappa shape index (κ2) is 8.35. The molecule has 0 fully saturated rings. The second-order valence-electron chi connectivity index (χ2n) is 5.94. The molecule has 0 saturated carbocycles. The van der Waals surface area contributed by atoms with Gasteiger partial charge < -0.3 is 9.64 Å². The molecule has 0 N–H and O–H groups in total. The Morgan fingerprint density at radius 3 is 2.67 bits per heavy atom. The molecule has 27 heavy (non-hydrogen) atoms. The van der Waals surface area contributed by atoms with Crippen molar-refractivity contribution in [3.8, 4) is 5.75 Å². The Hall–Kier alpha value is -2.67. The van der Waals surface area contributed by atoms with Gasteiger partial charge in [-0.05, 0) is 58.4 Å². The number of methoxy groups -OCH3 is 1. The second-order valence-corrected chi connectivity index (χ2v) is 6.92. The number of pyridine rings is 1. The number of carbonyl (C=O) groups excluding carboxylic acids is 1. The van der Waals surface area contributed by atoms with Crippen LogP contribution in [0.1, 0.15) is 15.9 Å². The van der Waals surface area contributed by atoms with E-state index in [2.05, 4.69) is 4.98 Å². The van der Waals surface area contributed by atoms with Crippen LogP contribution in [0.25, 0.3) is 10.8 Å². The quantitative estimate of drug-likeness (QED) is 0.567. The van der Waals surface area contributed by atoms with Crippen molar-refractivity contribution in [2.24, 2.45) is 0 Å². The van der Waals surface area contributed by atoms with E-state index in [1.54, 1.807) is 20.2 Å². The summed E-state index contributed by atoms with van der Waals surface area (Å²) in [5.41, 5.74) is 1.12. The Kier molecular flexibility index (Phi) is 5.91. The molecule has 0 saturated heterocycles. The standard InChI is InChI=1S/C20H18F2N2O2S/c1-24(19(25)17-4-3-9-23-18(17)27-20(21)22)12-13-5-6-15-11-16(26-2)8-7-14(15)10-13/h3-11,20H,12H2,1-2H3. The zero-order valence-electron chi connectivity index (χ0n) is 14.9. The van der Waals surface area contributed by atoms with Crippen molar-refractivity contribution in [2.45, 2.75) is 17.3 Å². The monoisotopic (exact) mass is 388 g/mol. The summed E-state index contributed by atoms with van der Waals surface area (Å²) >= 11 is 0.279. The van der Waals surface area contributed by atoms with Crippen LogP contribution in [-0.2, 0) is 6.54 Å². The molecule has 0 aliphatic carbocycles. The van der Waals surface area contributed by atoms with E-state index in [1.807, 2.05) is 36.4 Å². The van der Waals surface area contributed by atoms with E-state index in [-0.39, 0.29) is 28.3 Å². The van der Waals surface area contributed by atoms with Crippen molar-refractivity contribution in [1.29, 1.82) is 0 Å². The van der Waals surface area contributed by atoms with Gasteiger partial charge in [0.05, 0.1) is 12.7 Å². The van der Waals surface area contributed by atoms with E-state index in [0.717, 1.165) is 22.1 Å². The SMILES string of the molecule is COc1ccc2cc(CN(C)C(=O)c3cccnc3SC(F)F)ccc2c1. The maximum atomic E-state index is 12.7. The number of benzene rings is 2. The summed E-state index contributed by atoms with van der Waals surface area (Å²) in [5.74, 6) is -2.20. The van der Waals surface area contributed by atoms with Crippen LogP contribution in [0, 0.1) is 0 Å². The summed E-state index contributed by atoms with van der Waals surface area (Å²) in [6.45, 7) is 0.356. The summed E-state index contributed by atoms with van der Waals surface area (Å²) in [7, 11) is 3.26. The molecular weight excluding hydrogens is 370 g/mol. The predicted molar refractivity (Wildman–Crippen MR) is 102 cm³/mol. The van der Waals surface area contributed by atoms with Crippen molar-refractivity contribution < 1.29 is 18.3 Å². The first-order valence-electron chi connectivity index (χ1n) is 8.20. The molecule has 140 valence electrons. The largest absolute Gasteiger partial charge is 0.497 e. The molecule has 0 radical (unpaired) electrons. The van der Waals surface area contributed by atoms with E-state index in [0.29, 0.717) is 6.54 Å².